The number of hydrogen-bond acceptors (Lipinski definition) is 0. The third-order valence-electron chi connectivity index (χ3n) is 1.19. The molecule has 0 nitrogen and oxygen atoms in total. The second-order valence-corrected chi connectivity index (χ2v) is 3.65. The van der Waals surface area contributed by atoms with Crippen molar-refractivity contribution in [2.75, 3.05) is 0 Å². The van der Waals surface area contributed by atoms with Crippen molar-refractivity contribution in [3.63, 3.8) is 0 Å². The van der Waals surface area contributed by atoms with Gasteiger partial charge in [0, 0.05) is 10.1 Å². The fraction of sp³-hybridized carbons (Fsp3) is 0.400. The first kappa shape index (κ1) is 11.8. The Hall–Kier alpha value is -0.200. The van der Waals surface area contributed by atoms with Gasteiger partial charge in [-0.15, -0.1) is 0 Å². The molecule has 0 amide bonds. The van der Waals surface area contributed by atoms with E-state index in [4.69, 9.17) is 23.2 Å². The highest BCUT2D eigenvalue weighted by molar-refractivity contribution is 6.31. The van der Waals surface area contributed by atoms with Crippen LogP contribution in [0, 0.1) is 0 Å². The van der Waals surface area contributed by atoms with Crippen LogP contribution in [0.25, 0.3) is 0 Å². The quantitative estimate of drug-likeness (QED) is 0.590. The normalized spacial score (nSPS) is 15.2. The van der Waals surface area contributed by atoms with Crippen LogP contribution in [0.2, 0.25) is 0 Å². The topological polar surface area (TPSA) is 0 Å². The van der Waals surface area contributed by atoms with Gasteiger partial charge in [0.25, 0.3) is 0 Å². The minimum atomic E-state index is 0.768. The van der Waals surface area contributed by atoms with Crippen molar-refractivity contribution in [1.82, 2.24) is 0 Å². The fourth-order valence-corrected chi connectivity index (χ4v) is 1.33. The van der Waals surface area contributed by atoms with Crippen molar-refractivity contribution in [3.8, 4) is 0 Å². The van der Waals surface area contributed by atoms with Crippen molar-refractivity contribution in [2.45, 2.75) is 27.2 Å². The molecule has 0 bridgehead atoms. The Labute approximate surface area is 84.6 Å². The van der Waals surface area contributed by atoms with E-state index in [0.29, 0.717) is 0 Å². The molecule has 0 aromatic heterocycles. The highest BCUT2D eigenvalue weighted by Gasteiger charge is 1.87. The van der Waals surface area contributed by atoms with Crippen LogP contribution in [0.4, 0.5) is 0 Å². The first-order valence-electron chi connectivity index (χ1n) is 3.94. The van der Waals surface area contributed by atoms with Gasteiger partial charge < -0.3 is 0 Å². The largest absolute Gasteiger partial charge is 0.0895 e. The summed E-state index contributed by atoms with van der Waals surface area (Å²) in [7, 11) is 0. The lowest BCUT2D eigenvalue weighted by molar-refractivity contribution is 1.22. The van der Waals surface area contributed by atoms with Gasteiger partial charge in [-0.1, -0.05) is 36.2 Å². The molecule has 0 fully saturated rings. The minimum Gasteiger partial charge on any atom is -0.0895 e. The number of halogens is 2. The van der Waals surface area contributed by atoms with Crippen molar-refractivity contribution in [3.05, 3.63) is 33.9 Å². The van der Waals surface area contributed by atoms with Gasteiger partial charge in [-0.25, -0.2) is 0 Å². The molecule has 12 heavy (non-hydrogen) atoms. The van der Waals surface area contributed by atoms with Crippen LogP contribution in [-0.2, 0) is 0 Å². The van der Waals surface area contributed by atoms with Crippen LogP contribution in [0.15, 0.2) is 33.9 Å². The molecule has 0 aromatic rings. The first-order chi connectivity index (χ1) is 5.56. The molecule has 0 rings (SSSR count). The highest BCUT2D eigenvalue weighted by Crippen LogP contribution is 2.11. The second kappa shape index (κ2) is 6.33. The van der Waals surface area contributed by atoms with E-state index >= 15 is 0 Å². The van der Waals surface area contributed by atoms with Crippen LogP contribution in [0.5, 0.6) is 0 Å². The fourth-order valence-electron chi connectivity index (χ4n) is 0.827. The van der Waals surface area contributed by atoms with Crippen molar-refractivity contribution in [1.29, 1.82) is 0 Å². The van der Waals surface area contributed by atoms with E-state index in [1.165, 1.54) is 0 Å². The molecule has 0 aliphatic heterocycles. The van der Waals surface area contributed by atoms with Gasteiger partial charge in [-0.05, 0) is 38.0 Å². The molecule has 0 heterocycles. The van der Waals surface area contributed by atoms with Gasteiger partial charge in [-0.2, -0.15) is 0 Å². The molecule has 0 aliphatic rings. The Kier molecular flexibility index (Phi) is 6.23. The van der Waals surface area contributed by atoms with Gasteiger partial charge in [0.05, 0.1) is 0 Å². The second-order valence-electron chi connectivity index (χ2n) is 2.62. The average molecular weight is 205 g/mol. The van der Waals surface area contributed by atoms with E-state index in [1.54, 1.807) is 0 Å². The Bertz CT molecular complexity index is 218. The maximum Gasteiger partial charge on any atom is 0.0368 e. The third kappa shape index (κ3) is 6.51. The molecular weight excluding hydrogens is 191 g/mol. The number of rotatable bonds is 3. The Morgan fingerprint density at radius 2 is 1.75 bits per heavy atom. The van der Waals surface area contributed by atoms with Crippen molar-refractivity contribution in [2.24, 2.45) is 0 Å². The van der Waals surface area contributed by atoms with Crippen LogP contribution in [0.1, 0.15) is 27.2 Å². The zero-order valence-corrected chi connectivity index (χ0v) is 9.21. The summed E-state index contributed by atoms with van der Waals surface area (Å²) in [6.45, 7) is 5.86. The van der Waals surface area contributed by atoms with Crippen LogP contribution in [-0.4, -0.2) is 0 Å². The molecule has 0 aliphatic carbocycles. The van der Waals surface area contributed by atoms with Gasteiger partial charge in [-0.3, -0.25) is 0 Å². The zero-order valence-electron chi connectivity index (χ0n) is 7.70. The summed E-state index contributed by atoms with van der Waals surface area (Å²) in [4.78, 5) is 0. The first-order valence-corrected chi connectivity index (χ1v) is 4.69. The van der Waals surface area contributed by atoms with Gasteiger partial charge >= 0.3 is 0 Å². The smallest absolute Gasteiger partial charge is 0.0368 e. The molecule has 2 heteroatoms. The van der Waals surface area contributed by atoms with E-state index < -0.39 is 0 Å². The average Bonchev–Trinajstić information content (AvgIpc) is 1.84. The lowest BCUT2D eigenvalue weighted by Gasteiger charge is -1.92. The summed E-state index contributed by atoms with van der Waals surface area (Å²) in [6, 6.07) is 0. The summed E-state index contributed by atoms with van der Waals surface area (Å²) in [5.74, 6) is 0. The SMILES string of the molecule is CC/C=C(Cl)/C=C(C)\C=C(/C)Cl. The van der Waals surface area contributed by atoms with Crippen molar-refractivity contribution >= 4 is 23.2 Å². The Morgan fingerprint density at radius 1 is 1.17 bits per heavy atom. The van der Waals surface area contributed by atoms with E-state index in [1.807, 2.05) is 39.0 Å². The lowest BCUT2D eigenvalue weighted by Crippen LogP contribution is -1.71. The van der Waals surface area contributed by atoms with Gasteiger partial charge in [0.1, 0.15) is 0 Å². The molecule has 0 N–H and O–H groups in total. The van der Waals surface area contributed by atoms with Gasteiger partial charge in [0.15, 0.2) is 0 Å². The molecule has 0 unspecified atom stereocenters. The lowest BCUT2D eigenvalue weighted by atomic mass is 10.2. The van der Waals surface area contributed by atoms with Crippen molar-refractivity contribution < 1.29 is 0 Å². The van der Waals surface area contributed by atoms with E-state index in [0.717, 1.165) is 22.1 Å². The summed E-state index contributed by atoms with van der Waals surface area (Å²) < 4.78 is 0. The molecule has 0 radical (unpaired) electrons. The molecule has 0 aromatic carbocycles. The third-order valence-corrected chi connectivity index (χ3v) is 1.56. The zero-order chi connectivity index (χ0) is 9.56. The highest BCUT2D eigenvalue weighted by atomic mass is 35.5. The molecule has 0 spiro atoms. The van der Waals surface area contributed by atoms with Crippen LogP contribution >= 0.6 is 23.2 Å². The molecule has 0 saturated carbocycles. The molecule has 68 valence electrons. The Morgan fingerprint density at radius 3 is 2.17 bits per heavy atom. The van der Waals surface area contributed by atoms with E-state index in [2.05, 4.69) is 0 Å². The van der Waals surface area contributed by atoms with Crippen LogP contribution < -0.4 is 0 Å². The molecular formula is C10H14Cl2. The summed E-state index contributed by atoms with van der Waals surface area (Å²) in [5.41, 5.74) is 1.07. The predicted octanol–water partition coefficient (Wildman–Crippen LogP) is 4.61. The summed E-state index contributed by atoms with van der Waals surface area (Å²) >= 11 is 11.6. The summed E-state index contributed by atoms with van der Waals surface area (Å²) in [6.07, 6.45) is 6.69. The van der Waals surface area contributed by atoms with Gasteiger partial charge in [0.2, 0.25) is 0 Å². The maximum atomic E-state index is 5.87. The number of hydrogen-bond donors (Lipinski definition) is 0. The Balaban J connectivity index is 4.36. The van der Waals surface area contributed by atoms with E-state index in [-0.39, 0.29) is 0 Å². The van der Waals surface area contributed by atoms with Crippen LogP contribution in [0.3, 0.4) is 0 Å². The van der Waals surface area contributed by atoms with E-state index in [9.17, 15) is 0 Å². The maximum absolute atomic E-state index is 5.87. The minimum absolute atomic E-state index is 0.768. The standard InChI is InChI=1S/C10H14Cl2/c1-4-5-10(12)7-8(2)6-9(3)11/h5-7H,4H2,1-3H3/b8-7-,9-6+,10-5-. The number of allylic oxidation sites excluding steroid dienone is 6. The molecule has 0 saturated heterocycles. The molecule has 0 atom stereocenters. The monoisotopic (exact) mass is 204 g/mol. The predicted molar refractivity (Wildman–Crippen MR) is 57.6 cm³/mol. The summed E-state index contributed by atoms with van der Waals surface area (Å²) in [5, 5.41) is 1.54.